The largest absolute Gasteiger partial charge is 0.372 e. The summed E-state index contributed by atoms with van der Waals surface area (Å²) in [5.41, 5.74) is 5.91. The maximum atomic E-state index is 12.2. The molecule has 0 aliphatic carbocycles. The van der Waals surface area contributed by atoms with Gasteiger partial charge >= 0.3 is 0 Å². The van der Waals surface area contributed by atoms with Gasteiger partial charge in [-0.2, -0.15) is 5.26 Å². The van der Waals surface area contributed by atoms with E-state index in [1.165, 1.54) is 0 Å². The van der Waals surface area contributed by atoms with E-state index in [0.717, 1.165) is 25.7 Å². The number of carbonyl (C=O) groups is 2. The Bertz CT molecular complexity index is 408. The molecule has 0 spiro atoms. The van der Waals surface area contributed by atoms with Crippen LogP contribution in [-0.4, -0.2) is 55.1 Å². The van der Waals surface area contributed by atoms with Crippen LogP contribution >= 0.6 is 0 Å². The van der Waals surface area contributed by atoms with Crippen molar-refractivity contribution in [2.75, 3.05) is 26.3 Å². The Labute approximate surface area is 131 Å². The predicted molar refractivity (Wildman–Crippen MR) is 81.7 cm³/mol. The fourth-order valence-corrected chi connectivity index (χ4v) is 2.46. The second kappa shape index (κ2) is 10.1. The van der Waals surface area contributed by atoms with Crippen LogP contribution in [0.3, 0.4) is 0 Å². The van der Waals surface area contributed by atoms with E-state index in [9.17, 15) is 9.59 Å². The molecule has 0 bridgehead atoms. The van der Waals surface area contributed by atoms with E-state index < -0.39 is 6.04 Å². The molecule has 0 aromatic rings. The average molecular weight is 310 g/mol. The molecular weight excluding hydrogens is 284 g/mol. The second-order valence-electron chi connectivity index (χ2n) is 5.41. The zero-order valence-electron chi connectivity index (χ0n) is 13.2. The lowest BCUT2D eigenvalue weighted by Gasteiger charge is -2.23. The number of amides is 2. The normalized spacial score (nSPS) is 18.8. The van der Waals surface area contributed by atoms with Gasteiger partial charge in [0.15, 0.2) is 0 Å². The van der Waals surface area contributed by atoms with Crippen molar-refractivity contribution >= 4 is 11.8 Å². The quantitative estimate of drug-likeness (QED) is 0.589. The van der Waals surface area contributed by atoms with Gasteiger partial charge in [-0.3, -0.25) is 9.59 Å². The first kappa shape index (κ1) is 18.4. The number of ether oxygens (including phenoxy) is 1. The molecule has 7 heteroatoms. The minimum Gasteiger partial charge on any atom is -0.372 e. The Hall–Kier alpha value is -1.65. The smallest absolute Gasteiger partial charge is 0.245 e. The van der Waals surface area contributed by atoms with Gasteiger partial charge in [0, 0.05) is 19.7 Å². The maximum Gasteiger partial charge on any atom is 0.245 e. The number of nitrogens with two attached hydrogens (primary N) is 1. The van der Waals surface area contributed by atoms with Crippen LogP contribution in [-0.2, 0) is 14.3 Å². The predicted octanol–water partition coefficient (Wildman–Crippen LogP) is 0.151. The highest BCUT2D eigenvalue weighted by Gasteiger charge is 2.31. The summed E-state index contributed by atoms with van der Waals surface area (Å²) in [6.07, 6.45) is 3.69. The molecule has 1 saturated heterocycles. The van der Waals surface area contributed by atoms with Crippen LogP contribution in [0.4, 0.5) is 0 Å². The molecule has 0 saturated carbocycles. The number of nitriles is 1. The maximum absolute atomic E-state index is 12.2. The van der Waals surface area contributed by atoms with Crippen molar-refractivity contribution in [2.45, 2.75) is 51.1 Å². The van der Waals surface area contributed by atoms with Gasteiger partial charge in [0.25, 0.3) is 0 Å². The summed E-state index contributed by atoms with van der Waals surface area (Å²) in [6, 6.07) is 1.26. The number of hydrogen-bond acceptors (Lipinski definition) is 5. The third-order valence-corrected chi connectivity index (χ3v) is 3.70. The summed E-state index contributed by atoms with van der Waals surface area (Å²) in [5, 5.41) is 11.7. The minimum absolute atomic E-state index is 0.0823. The first-order valence-corrected chi connectivity index (χ1v) is 7.90. The van der Waals surface area contributed by atoms with E-state index in [0.29, 0.717) is 26.1 Å². The molecule has 3 N–H and O–H groups in total. The molecule has 2 atom stereocenters. The molecule has 1 aliphatic heterocycles. The Morgan fingerprint density at radius 2 is 2.27 bits per heavy atom. The number of carbonyl (C=O) groups excluding carboxylic acids is 2. The Morgan fingerprint density at radius 3 is 2.95 bits per heavy atom. The molecule has 1 fully saturated rings. The molecule has 0 aromatic carbocycles. The molecular formula is C15H26N4O3. The monoisotopic (exact) mass is 310 g/mol. The SMILES string of the molecule is CCOCC(=O)NCCCC[C@H](N)C(=O)N1CCC[C@H]1C#N. The topological polar surface area (TPSA) is 108 Å². The van der Waals surface area contributed by atoms with Gasteiger partial charge in [-0.15, -0.1) is 0 Å². The number of nitrogens with zero attached hydrogens (tertiary/aromatic N) is 2. The highest BCUT2D eigenvalue weighted by molar-refractivity contribution is 5.82. The summed E-state index contributed by atoms with van der Waals surface area (Å²) in [5.74, 6) is -0.263. The van der Waals surface area contributed by atoms with E-state index >= 15 is 0 Å². The van der Waals surface area contributed by atoms with Gasteiger partial charge < -0.3 is 20.7 Å². The molecule has 0 aromatic heterocycles. The Balaban J connectivity index is 2.15. The van der Waals surface area contributed by atoms with E-state index in [4.69, 9.17) is 15.7 Å². The average Bonchev–Trinajstić information content (AvgIpc) is 3.00. The van der Waals surface area contributed by atoms with Gasteiger partial charge in [0.2, 0.25) is 11.8 Å². The highest BCUT2D eigenvalue weighted by atomic mass is 16.5. The molecule has 1 aliphatic rings. The summed E-state index contributed by atoms with van der Waals surface area (Å²) in [7, 11) is 0. The van der Waals surface area contributed by atoms with Crippen molar-refractivity contribution < 1.29 is 14.3 Å². The van der Waals surface area contributed by atoms with Crippen molar-refractivity contribution in [3.8, 4) is 6.07 Å². The summed E-state index contributed by atoms with van der Waals surface area (Å²) in [6.45, 7) is 3.61. The van der Waals surface area contributed by atoms with Crippen molar-refractivity contribution in [3.05, 3.63) is 0 Å². The van der Waals surface area contributed by atoms with Gasteiger partial charge in [0.05, 0.1) is 12.1 Å². The summed E-state index contributed by atoms with van der Waals surface area (Å²) < 4.78 is 4.99. The fourth-order valence-electron chi connectivity index (χ4n) is 2.46. The molecule has 0 unspecified atom stereocenters. The van der Waals surface area contributed by atoms with Crippen LogP contribution in [0.1, 0.15) is 39.0 Å². The molecule has 22 heavy (non-hydrogen) atoms. The lowest BCUT2D eigenvalue weighted by molar-refractivity contribution is -0.132. The van der Waals surface area contributed by atoms with E-state index in [1.54, 1.807) is 4.90 Å². The zero-order chi connectivity index (χ0) is 16.4. The van der Waals surface area contributed by atoms with Crippen LogP contribution < -0.4 is 11.1 Å². The van der Waals surface area contributed by atoms with Crippen LogP contribution in [0, 0.1) is 11.3 Å². The van der Waals surface area contributed by atoms with Crippen molar-refractivity contribution in [2.24, 2.45) is 5.73 Å². The minimum atomic E-state index is -0.562. The van der Waals surface area contributed by atoms with E-state index in [-0.39, 0.29) is 24.5 Å². The number of nitrogens with one attached hydrogen (secondary N) is 1. The second-order valence-corrected chi connectivity index (χ2v) is 5.41. The van der Waals surface area contributed by atoms with Crippen LogP contribution in [0.2, 0.25) is 0 Å². The fraction of sp³-hybridized carbons (Fsp3) is 0.800. The van der Waals surface area contributed by atoms with Crippen LogP contribution in [0.15, 0.2) is 0 Å². The lowest BCUT2D eigenvalue weighted by atomic mass is 10.1. The highest BCUT2D eigenvalue weighted by Crippen LogP contribution is 2.18. The third-order valence-electron chi connectivity index (χ3n) is 3.70. The van der Waals surface area contributed by atoms with Crippen LogP contribution in [0.25, 0.3) is 0 Å². The number of rotatable bonds is 9. The van der Waals surface area contributed by atoms with E-state index in [2.05, 4.69) is 11.4 Å². The van der Waals surface area contributed by atoms with Gasteiger partial charge in [-0.05, 0) is 39.0 Å². The van der Waals surface area contributed by atoms with Crippen molar-refractivity contribution in [1.82, 2.24) is 10.2 Å². The molecule has 1 rings (SSSR count). The van der Waals surface area contributed by atoms with Gasteiger partial charge in [-0.25, -0.2) is 0 Å². The Morgan fingerprint density at radius 1 is 1.50 bits per heavy atom. The molecule has 1 heterocycles. The molecule has 0 radical (unpaired) electrons. The van der Waals surface area contributed by atoms with E-state index in [1.807, 2.05) is 6.92 Å². The first-order valence-electron chi connectivity index (χ1n) is 7.90. The third kappa shape index (κ3) is 6.00. The number of hydrogen-bond donors (Lipinski definition) is 2. The molecule has 124 valence electrons. The molecule has 7 nitrogen and oxygen atoms in total. The van der Waals surface area contributed by atoms with Crippen LogP contribution in [0.5, 0.6) is 0 Å². The number of likely N-dealkylation sites (tertiary alicyclic amines) is 1. The van der Waals surface area contributed by atoms with Gasteiger partial charge in [0.1, 0.15) is 12.6 Å². The Kier molecular flexibility index (Phi) is 8.48. The zero-order valence-corrected chi connectivity index (χ0v) is 13.2. The standard InChI is InChI=1S/C15H26N4O3/c1-2-22-11-14(20)18-8-4-3-7-13(17)15(21)19-9-5-6-12(19)10-16/h12-13H,2-9,11,17H2,1H3,(H,18,20)/t12-,13-/m0/s1. The summed E-state index contributed by atoms with van der Waals surface area (Å²) in [4.78, 5) is 25.1. The lowest BCUT2D eigenvalue weighted by Crippen LogP contribution is -2.45. The number of unbranched alkanes of at least 4 members (excludes halogenated alkanes) is 1. The molecule has 2 amide bonds. The van der Waals surface area contributed by atoms with Crippen molar-refractivity contribution in [1.29, 1.82) is 5.26 Å². The summed E-state index contributed by atoms with van der Waals surface area (Å²) >= 11 is 0. The first-order chi connectivity index (χ1) is 10.6. The van der Waals surface area contributed by atoms with Crippen molar-refractivity contribution in [3.63, 3.8) is 0 Å². The van der Waals surface area contributed by atoms with Gasteiger partial charge in [-0.1, -0.05) is 0 Å².